The van der Waals surface area contributed by atoms with Gasteiger partial charge in [-0.1, -0.05) is 13.8 Å². The first-order valence-electron chi connectivity index (χ1n) is 11.4. The molecule has 3 fully saturated rings. The van der Waals surface area contributed by atoms with Gasteiger partial charge < -0.3 is 24.3 Å². The van der Waals surface area contributed by atoms with Gasteiger partial charge in [0, 0.05) is 37.3 Å². The number of nitrogens with one attached hydrogen (secondary N) is 1. The van der Waals surface area contributed by atoms with E-state index in [1.807, 2.05) is 13.8 Å². The molecule has 1 aromatic rings. The molecule has 2 saturated carbocycles. The van der Waals surface area contributed by atoms with Crippen molar-refractivity contribution in [3.05, 3.63) is 24.2 Å². The Kier molecular flexibility index (Phi) is 6.11. The lowest BCUT2D eigenvalue weighted by molar-refractivity contribution is -0.207. The number of carbonyl (C=O) groups is 4. The minimum absolute atomic E-state index is 0.0824. The molecule has 1 aromatic heterocycles. The molecular formula is C24H31NO8. The first-order valence-corrected chi connectivity index (χ1v) is 11.4. The van der Waals surface area contributed by atoms with Crippen LogP contribution in [0.25, 0.3) is 0 Å². The van der Waals surface area contributed by atoms with Crippen molar-refractivity contribution in [3.63, 3.8) is 0 Å². The number of cyclic esters (lactones) is 1. The molecule has 180 valence electrons. The number of aliphatic hydroxyl groups is 1. The highest BCUT2D eigenvalue weighted by molar-refractivity contribution is 5.93. The highest BCUT2D eigenvalue weighted by Crippen LogP contribution is 2.65. The zero-order chi connectivity index (χ0) is 24.0. The van der Waals surface area contributed by atoms with Gasteiger partial charge in [-0.25, -0.2) is 0 Å². The quantitative estimate of drug-likeness (QED) is 0.636. The normalized spacial score (nSPS) is 38.0. The summed E-state index contributed by atoms with van der Waals surface area (Å²) in [6.07, 6.45) is 2.86. The molecule has 1 amide bonds. The topological polar surface area (TPSA) is 132 Å². The Hall–Kier alpha value is -2.68. The van der Waals surface area contributed by atoms with E-state index in [2.05, 4.69) is 5.32 Å². The molecule has 0 bridgehead atoms. The van der Waals surface area contributed by atoms with Crippen molar-refractivity contribution in [2.75, 3.05) is 13.2 Å². The number of carbonyl (C=O) groups excluding carboxylic acids is 4. The van der Waals surface area contributed by atoms with Crippen molar-refractivity contribution < 1.29 is 38.2 Å². The summed E-state index contributed by atoms with van der Waals surface area (Å²) < 4.78 is 16.3. The first-order chi connectivity index (χ1) is 15.6. The van der Waals surface area contributed by atoms with E-state index in [9.17, 15) is 24.3 Å². The highest BCUT2D eigenvalue weighted by Gasteiger charge is 2.67. The number of esters is 2. The predicted molar refractivity (Wildman–Crippen MR) is 113 cm³/mol. The third-order valence-electron chi connectivity index (χ3n) is 8.05. The molecule has 2 N–H and O–H groups in total. The van der Waals surface area contributed by atoms with E-state index in [1.165, 1.54) is 19.5 Å². The Bertz CT molecular complexity index is 942. The van der Waals surface area contributed by atoms with Crippen molar-refractivity contribution in [2.45, 2.75) is 58.7 Å². The lowest BCUT2D eigenvalue weighted by Crippen LogP contribution is -2.65. The molecule has 0 aromatic carbocycles. The fourth-order valence-corrected chi connectivity index (χ4v) is 6.66. The minimum atomic E-state index is -1.06. The predicted octanol–water partition coefficient (Wildman–Crippen LogP) is 1.94. The van der Waals surface area contributed by atoms with Crippen molar-refractivity contribution in [1.82, 2.24) is 5.32 Å². The minimum Gasteiger partial charge on any atom is -0.472 e. The Morgan fingerprint density at radius 1 is 1.27 bits per heavy atom. The van der Waals surface area contributed by atoms with Gasteiger partial charge in [-0.2, -0.15) is 0 Å². The Morgan fingerprint density at radius 2 is 2.03 bits per heavy atom. The summed E-state index contributed by atoms with van der Waals surface area (Å²) in [5, 5.41) is 11.9. The van der Waals surface area contributed by atoms with E-state index >= 15 is 0 Å². The van der Waals surface area contributed by atoms with Crippen LogP contribution in [0.15, 0.2) is 23.0 Å². The SMILES string of the molecule is CC(=O)O[C@H]1C[C@@H](C(=O)NCCO)[C@]2(C)CC[C@H]3C(=O)O[C@H](c4ccoc4)C[C@]3(C)C2C1=O. The van der Waals surface area contributed by atoms with E-state index in [0.29, 0.717) is 24.8 Å². The Balaban J connectivity index is 1.76. The number of aliphatic hydroxyl groups excluding tert-OH is 1. The zero-order valence-corrected chi connectivity index (χ0v) is 19.2. The number of rotatable bonds is 5. The van der Waals surface area contributed by atoms with Gasteiger partial charge in [-0.3, -0.25) is 19.2 Å². The maximum absolute atomic E-state index is 13.8. The third kappa shape index (κ3) is 3.86. The third-order valence-corrected chi connectivity index (χ3v) is 8.05. The van der Waals surface area contributed by atoms with Gasteiger partial charge in [-0.05, 0) is 36.2 Å². The van der Waals surface area contributed by atoms with Crippen LogP contribution in [0.3, 0.4) is 0 Å². The number of Topliss-reactive ketones (excluding diaryl/α,β-unsaturated/α-hetero) is 1. The summed E-state index contributed by atoms with van der Waals surface area (Å²) in [7, 11) is 0. The van der Waals surface area contributed by atoms with E-state index in [1.54, 1.807) is 6.07 Å². The van der Waals surface area contributed by atoms with Crippen molar-refractivity contribution in [2.24, 2.45) is 28.6 Å². The zero-order valence-electron chi connectivity index (χ0n) is 19.2. The highest BCUT2D eigenvalue weighted by atomic mass is 16.6. The van der Waals surface area contributed by atoms with Crippen molar-refractivity contribution in [1.29, 1.82) is 0 Å². The summed E-state index contributed by atoms with van der Waals surface area (Å²) in [5.41, 5.74) is -0.820. The van der Waals surface area contributed by atoms with Crippen LogP contribution in [0.1, 0.15) is 58.1 Å². The lowest BCUT2D eigenvalue weighted by Gasteiger charge is -2.61. The largest absolute Gasteiger partial charge is 0.472 e. The van der Waals surface area contributed by atoms with Crippen LogP contribution in [-0.2, 0) is 28.7 Å². The van der Waals surface area contributed by atoms with Gasteiger partial charge in [0.1, 0.15) is 6.10 Å². The summed E-state index contributed by atoms with van der Waals surface area (Å²) in [5.74, 6) is -3.28. The smallest absolute Gasteiger partial charge is 0.310 e. The van der Waals surface area contributed by atoms with Crippen molar-refractivity contribution in [3.8, 4) is 0 Å². The van der Waals surface area contributed by atoms with Gasteiger partial charge in [-0.15, -0.1) is 0 Å². The number of hydrogen-bond donors (Lipinski definition) is 2. The average Bonchev–Trinajstić information content (AvgIpc) is 3.27. The van der Waals surface area contributed by atoms with Crippen LogP contribution in [0.4, 0.5) is 0 Å². The molecular weight excluding hydrogens is 430 g/mol. The second-order valence-electron chi connectivity index (χ2n) is 10.0. The van der Waals surface area contributed by atoms with Crippen molar-refractivity contribution >= 4 is 23.6 Å². The van der Waals surface area contributed by atoms with Crippen LogP contribution >= 0.6 is 0 Å². The Morgan fingerprint density at radius 3 is 2.67 bits per heavy atom. The monoisotopic (exact) mass is 461 g/mol. The van der Waals surface area contributed by atoms with Gasteiger partial charge in [0.25, 0.3) is 0 Å². The number of ketones is 1. The van der Waals surface area contributed by atoms with Gasteiger partial charge in [0.05, 0.1) is 25.1 Å². The van der Waals surface area contributed by atoms with Crippen LogP contribution in [0, 0.1) is 28.6 Å². The molecule has 0 spiro atoms. The summed E-state index contributed by atoms with van der Waals surface area (Å²) >= 11 is 0. The average molecular weight is 462 g/mol. The van der Waals surface area contributed by atoms with Crippen LogP contribution in [0.2, 0.25) is 0 Å². The van der Waals surface area contributed by atoms with E-state index in [0.717, 1.165) is 0 Å². The summed E-state index contributed by atoms with van der Waals surface area (Å²) in [6.45, 7) is 4.97. The number of furan rings is 1. The molecule has 2 aliphatic carbocycles. The fourth-order valence-electron chi connectivity index (χ4n) is 6.66. The molecule has 1 unspecified atom stereocenters. The number of hydrogen-bond acceptors (Lipinski definition) is 8. The molecule has 0 radical (unpaired) electrons. The Labute approximate surface area is 192 Å². The molecule has 9 nitrogen and oxygen atoms in total. The number of fused-ring (bicyclic) bond motifs is 3. The summed E-state index contributed by atoms with van der Waals surface area (Å²) in [4.78, 5) is 51.8. The second-order valence-corrected chi connectivity index (χ2v) is 10.0. The lowest BCUT2D eigenvalue weighted by atomic mass is 9.43. The maximum Gasteiger partial charge on any atom is 0.310 e. The van der Waals surface area contributed by atoms with Gasteiger partial charge in [0.15, 0.2) is 11.9 Å². The van der Waals surface area contributed by atoms with E-state index in [4.69, 9.17) is 13.9 Å². The number of amides is 1. The first kappa shape index (κ1) is 23.5. The van der Waals surface area contributed by atoms with Crippen LogP contribution < -0.4 is 5.32 Å². The molecule has 1 aliphatic heterocycles. The maximum atomic E-state index is 13.8. The second kappa shape index (κ2) is 8.59. The summed E-state index contributed by atoms with van der Waals surface area (Å²) in [6, 6.07) is 1.74. The van der Waals surface area contributed by atoms with E-state index < -0.39 is 46.8 Å². The molecule has 9 heteroatoms. The molecule has 1 saturated heterocycles. The van der Waals surface area contributed by atoms with Crippen LogP contribution in [-0.4, -0.2) is 48.0 Å². The standard InChI is InChI=1S/C24H31NO8/c1-13(27)32-17-10-16(21(29)25-7-8-26)23(2)6-4-15-22(30)33-18(14-5-9-31-12-14)11-24(15,3)20(23)19(17)28/h5,9,12,15-18,20,26H,4,6-8,10-11H2,1-3H3,(H,25,29)/t15-,16-,17-,18-,20?,23-,24-/m0/s1. The molecule has 4 rings (SSSR count). The fraction of sp³-hybridized carbons (Fsp3) is 0.667. The molecule has 7 atom stereocenters. The molecule has 2 heterocycles. The number of ether oxygens (including phenoxy) is 2. The van der Waals surface area contributed by atoms with Crippen LogP contribution in [0.5, 0.6) is 0 Å². The molecule has 33 heavy (non-hydrogen) atoms. The van der Waals surface area contributed by atoms with Gasteiger partial charge in [0.2, 0.25) is 5.91 Å². The van der Waals surface area contributed by atoms with Gasteiger partial charge >= 0.3 is 11.9 Å². The van der Waals surface area contributed by atoms with E-state index in [-0.39, 0.29) is 37.2 Å². The molecule has 3 aliphatic rings.